The number of nitrogens with two attached hydrogens (primary N) is 1. The Hall–Kier alpha value is -2.07. The summed E-state index contributed by atoms with van der Waals surface area (Å²) in [5.41, 5.74) is 11.4. The van der Waals surface area contributed by atoms with Crippen molar-refractivity contribution >= 4 is 11.0 Å². The first-order chi connectivity index (χ1) is 9.19. The van der Waals surface area contributed by atoms with Crippen LogP contribution < -0.4 is 5.73 Å². The Balaban J connectivity index is 2.04. The molecule has 0 spiro atoms. The molecule has 2 heterocycles. The van der Waals surface area contributed by atoms with E-state index in [2.05, 4.69) is 35.5 Å². The molecule has 0 bridgehead atoms. The number of imidazole rings is 1. The fourth-order valence-corrected chi connectivity index (χ4v) is 2.28. The molecule has 19 heavy (non-hydrogen) atoms. The van der Waals surface area contributed by atoms with Gasteiger partial charge in [0.25, 0.3) is 0 Å². The second-order valence-electron chi connectivity index (χ2n) is 4.87. The first kappa shape index (κ1) is 12.0. The molecule has 0 aliphatic rings. The lowest BCUT2D eigenvalue weighted by Crippen LogP contribution is -2.03. The van der Waals surface area contributed by atoms with Gasteiger partial charge in [0.05, 0.1) is 30.2 Å². The molecular formula is C15H17N3O. The molecule has 0 saturated heterocycles. The van der Waals surface area contributed by atoms with Crippen molar-refractivity contribution in [3.8, 4) is 0 Å². The number of fused-ring (bicyclic) bond motifs is 1. The monoisotopic (exact) mass is 255 g/mol. The minimum absolute atomic E-state index is 0.497. The summed E-state index contributed by atoms with van der Waals surface area (Å²) in [5.74, 6) is 0.903. The van der Waals surface area contributed by atoms with E-state index >= 15 is 0 Å². The van der Waals surface area contributed by atoms with Crippen molar-refractivity contribution in [3.05, 3.63) is 53.2 Å². The molecule has 1 aromatic carbocycles. The van der Waals surface area contributed by atoms with Gasteiger partial charge in [-0.05, 0) is 43.2 Å². The lowest BCUT2D eigenvalue weighted by Gasteiger charge is -2.05. The van der Waals surface area contributed by atoms with E-state index in [1.54, 1.807) is 6.26 Å². The molecule has 0 amide bonds. The van der Waals surface area contributed by atoms with E-state index < -0.39 is 0 Å². The van der Waals surface area contributed by atoms with Crippen LogP contribution in [-0.4, -0.2) is 9.55 Å². The highest BCUT2D eigenvalue weighted by molar-refractivity contribution is 5.77. The summed E-state index contributed by atoms with van der Waals surface area (Å²) in [7, 11) is 0. The van der Waals surface area contributed by atoms with E-state index in [1.165, 1.54) is 11.1 Å². The summed E-state index contributed by atoms with van der Waals surface area (Å²) in [5, 5.41) is 0. The fraction of sp³-hybridized carbons (Fsp3) is 0.267. The fourth-order valence-electron chi connectivity index (χ4n) is 2.28. The Morgan fingerprint density at radius 1 is 1.26 bits per heavy atom. The molecule has 4 nitrogen and oxygen atoms in total. The number of aromatic nitrogens is 2. The maximum absolute atomic E-state index is 5.70. The molecule has 3 aromatic rings. The number of hydrogen-bond donors (Lipinski definition) is 1. The van der Waals surface area contributed by atoms with E-state index in [0.29, 0.717) is 13.1 Å². The van der Waals surface area contributed by atoms with Crippen LogP contribution in [0.1, 0.15) is 22.5 Å². The number of aryl methyl sites for hydroxylation is 2. The van der Waals surface area contributed by atoms with E-state index in [9.17, 15) is 0 Å². The van der Waals surface area contributed by atoms with Gasteiger partial charge in [0.15, 0.2) is 0 Å². The van der Waals surface area contributed by atoms with Gasteiger partial charge in [-0.3, -0.25) is 0 Å². The highest BCUT2D eigenvalue weighted by Crippen LogP contribution is 2.20. The largest absolute Gasteiger partial charge is 0.467 e. The van der Waals surface area contributed by atoms with E-state index in [4.69, 9.17) is 10.2 Å². The zero-order valence-corrected chi connectivity index (χ0v) is 11.2. The van der Waals surface area contributed by atoms with E-state index in [-0.39, 0.29) is 0 Å². The molecular weight excluding hydrogens is 238 g/mol. The average Bonchev–Trinajstić information content (AvgIpc) is 2.99. The summed E-state index contributed by atoms with van der Waals surface area (Å²) < 4.78 is 7.60. The summed E-state index contributed by atoms with van der Waals surface area (Å²) in [4.78, 5) is 4.45. The Kier molecular flexibility index (Phi) is 2.87. The van der Waals surface area contributed by atoms with Gasteiger partial charge in [0.1, 0.15) is 5.76 Å². The first-order valence-electron chi connectivity index (χ1n) is 6.36. The van der Waals surface area contributed by atoms with Gasteiger partial charge in [-0.1, -0.05) is 0 Å². The van der Waals surface area contributed by atoms with E-state index in [0.717, 1.165) is 22.4 Å². The molecule has 0 saturated carbocycles. The van der Waals surface area contributed by atoms with Crippen molar-refractivity contribution in [3.63, 3.8) is 0 Å². The SMILES string of the molecule is Cc1cc2ncn(Cc3occc3CN)c2cc1C. The average molecular weight is 255 g/mol. The number of hydrogen-bond acceptors (Lipinski definition) is 3. The first-order valence-corrected chi connectivity index (χ1v) is 6.36. The third-order valence-electron chi connectivity index (χ3n) is 3.61. The number of rotatable bonds is 3. The number of furan rings is 1. The van der Waals surface area contributed by atoms with Crippen LogP contribution in [0.3, 0.4) is 0 Å². The zero-order chi connectivity index (χ0) is 13.4. The van der Waals surface area contributed by atoms with Gasteiger partial charge in [0.2, 0.25) is 0 Å². The highest BCUT2D eigenvalue weighted by atomic mass is 16.3. The standard InChI is InChI=1S/C15H17N3O/c1-10-5-13-14(6-11(10)2)18(9-17-13)8-15-12(7-16)3-4-19-15/h3-6,9H,7-8,16H2,1-2H3. The Morgan fingerprint density at radius 2 is 2.05 bits per heavy atom. The van der Waals surface area contributed by atoms with Crippen molar-refractivity contribution in [1.82, 2.24) is 9.55 Å². The quantitative estimate of drug-likeness (QED) is 0.783. The maximum atomic E-state index is 5.70. The molecule has 0 unspecified atom stereocenters. The second kappa shape index (κ2) is 4.55. The lowest BCUT2D eigenvalue weighted by atomic mass is 10.1. The van der Waals surface area contributed by atoms with Crippen LogP contribution in [0.5, 0.6) is 0 Å². The summed E-state index contributed by atoms with van der Waals surface area (Å²) >= 11 is 0. The molecule has 0 aliphatic heterocycles. The van der Waals surface area contributed by atoms with Crippen molar-refractivity contribution < 1.29 is 4.42 Å². The van der Waals surface area contributed by atoms with Gasteiger partial charge in [-0.15, -0.1) is 0 Å². The summed E-state index contributed by atoms with van der Waals surface area (Å²) in [6.45, 7) is 5.38. The molecule has 3 rings (SSSR count). The molecule has 2 N–H and O–H groups in total. The van der Waals surface area contributed by atoms with Crippen molar-refractivity contribution in [1.29, 1.82) is 0 Å². The lowest BCUT2D eigenvalue weighted by molar-refractivity contribution is 0.491. The van der Waals surface area contributed by atoms with Gasteiger partial charge < -0.3 is 14.7 Å². The summed E-state index contributed by atoms with van der Waals surface area (Å²) in [6.07, 6.45) is 3.54. The smallest absolute Gasteiger partial charge is 0.127 e. The van der Waals surface area contributed by atoms with Crippen LogP contribution in [0.4, 0.5) is 0 Å². The Labute approximate surface area is 111 Å². The molecule has 4 heteroatoms. The molecule has 0 aliphatic carbocycles. The molecule has 2 aromatic heterocycles. The Morgan fingerprint density at radius 3 is 2.84 bits per heavy atom. The van der Waals surface area contributed by atoms with Gasteiger partial charge in [-0.25, -0.2) is 4.98 Å². The number of nitrogens with zero attached hydrogens (tertiary/aromatic N) is 2. The molecule has 0 atom stereocenters. The maximum Gasteiger partial charge on any atom is 0.127 e. The van der Waals surface area contributed by atoms with Crippen molar-refractivity contribution in [2.45, 2.75) is 26.9 Å². The van der Waals surface area contributed by atoms with Crippen LogP contribution in [-0.2, 0) is 13.1 Å². The predicted octanol–water partition coefficient (Wildman–Crippen LogP) is 2.75. The zero-order valence-electron chi connectivity index (χ0n) is 11.2. The van der Waals surface area contributed by atoms with Gasteiger partial charge >= 0.3 is 0 Å². The van der Waals surface area contributed by atoms with Crippen LogP contribution in [0.15, 0.2) is 35.2 Å². The Bertz CT molecular complexity index is 724. The van der Waals surface area contributed by atoms with Crippen LogP contribution in [0, 0.1) is 13.8 Å². The molecule has 0 fully saturated rings. The second-order valence-corrected chi connectivity index (χ2v) is 4.87. The van der Waals surface area contributed by atoms with Crippen LogP contribution in [0.2, 0.25) is 0 Å². The third-order valence-corrected chi connectivity index (χ3v) is 3.61. The van der Waals surface area contributed by atoms with Crippen LogP contribution in [0.25, 0.3) is 11.0 Å². The highest BCUT2D eigenvalue weighted by Gasteiger charge is 2.09. The number of benzene rings is 1. The van der Waals surface area contributed by atoms with Crippen molar-refractivity contribution in [2.75, 3.05) is 0 Å². The normalized spacial score (nSPS) is 11.3. The molecule has 98 valence electrons. The van der Waals surface area contributed by atoms with E-state index in [1.807, 2.05) is 12.4 Å². The third kappa shape index (κ3) is 2.04. The van der Waals surface area contributed by atoms with Crippen LogP contribution >= 0.6 is 0 Å². The van der Waals surface area contributed by atoms with Gasteiger partial charge in [0, 0.05) is 12.1 Å². The summed E-state index contributed by atoms with van der Waals surface area (Å²) in [6, 6.07) is 6.21. The predicted molar refractivity (Wildman–Crippen MR) is 74.9 cm³/mol. The minimum atomic E-state index is 0.497. The molecule has 0 radical (unpaired) electrons. The topological polar surface area (TPSA) is 57.0 Å². The van der Waals surface area contributed by atoms with Gasteiger partial charge in [-0.2, -0.15) is 0 Å². The van der Waals surface area contributed by atoms with Crippen molar-refractivity contribution in [2.24, 2.45) is 5.73 Å². The minimum Gasteiger partial charge on any atom is -0.467 e.